The zero-order chi connectivity index (χ0) is 11.8. The van der Waals surface area contributed by atoms with Crippen LogP contribution in [0.25, 0.3) is 0 Å². The second kappa shape index (κ2) is 7.44. The van der Waals surface area contributed by atoms with Crippen LogP contribution in [0.2, 0.25) is 5.15 Å². The number of aromatic nitrogens is 2. The van der Waals surface area contributed by atoms with Crippen molar-refractivity contribution in [2.45, 2.75) is 52.0 Å². The highest BCUT2D eigenvalue weighted by molar-refractivity contribution is 6.29. The summed E-state index contributed by atoms with van der Waals surface area (Å²) in [4.78, 5) is 0. The Hall–Kier alpha value is -0.830. The quantitative estimate of drug-likeness (QED) is 0.787. The summed E-state index contributed by atoms with van der Waals surface area (Å²) in [5.41, 5.74) is 0.967. The normalized spacial score (nSPS) is 12.4. The summed E-state index contributed by atoms with van der Waals surface area (Å²) in [5, 5.41) is 11.5. The third kappa shape index (κ3) is 4.79. The van der Waals surface area contributed by atoms with Gasteiger partial charge in [-0.2, -0.15) is 5.10 Å². The van der Waals surface area contributed by atoms with Gasteiger partial charge in [0.2, 0.25) is 0 Å². The lowest BCUT2D eigenvalue weighted by Crippen LogP contribution is -2.19. The lowest BCUT2D eigenvalue weighted by Gasteiger charge is -2.18. The molecule has 4 heteroatoms. The van der Waals surface area contributed by atoms with Crippen LogP contribution in [-0.2, 0) is 0 Å². The number of hydrogen-bond acceptors (Lipinski definition) is 3. The van der Waals surface area contributed by atoms with Crippen LogP contribution < -0.4 is 5.32 Å². The fraction of sp³-hybridized carbons (Fsp3) is 0.667. The van der Waals surface area contributed by atoms with E-state index in [1.165, 1.54) is 32.1 Å². The Morgan fingerprint density at radius 3 is 2.75 bits per heavy atom. The molecule has 0 spiro atoms. The van der Waals surface area contributed by atoms with Crippen LogP contribution in [-0.4, -0.2) is 16.2 Å². The van der Waals surface area contributed by atoms with E-state index in [4.69, 9.17) is 11.6 Å². The molecule has 1 rings (SSSR count). The molecule has 0 aromatic carbocycles. The molecule has 1 N–H and O–H groups in total. The third-order valence-electron chi connectivity index (χ3n) is 2.54. The molecule has 1 atom stereocenters. The Morgan fingerprint density at radius 2 is 2.12 bits per heavy atom. The highest BCUT2D eigenvalue weighted by Gasteiger charge is 2.07. The number of halogens is 1. The van der Waals surface area contributed by atoms with E-state index in [1.54, 1.807) is 6.20 Å². The second-order valence-electron chi connectivity index (χ2n) is 4.04. The minimum atomic E-state index is 0.440. The van der Waals surface area contributed by atoms with E-state index >= 15 is 0 Å². The van der Waals surface area contributed by atoms with E-state index in [-0.39, 0.29) is 0 Å². The van der Waals surface area contributed by atoms with Gasteiger partial charge < -0.3 is 5.32 Å². The van der Waals surface area contributed by atoms with Gasteiger partial charge in [-0.1, -0.05) is 44.7 Å². The summed E-state index contributed by atoms with van der Waals surface area (Å²) in [6.45, 7) is 4.42. The molecular weight excluding hydrogens is 222 g/mol. The molecule has 16 heavy (non-hydrogen) atoms. The van der Waals surface area contributed by atoms with Crippen molar-refractivity contribution in [2.75, 3.05) is 5.32 Å². The second-order valence-corrected chi connectivity index (χ2v) is 4.43. The van der Waals surface area contributed by atoms with E-state index in [0.29, 0.717) is 11.2 Å². The predicted octanol–water partition coefficient (Wildman–Crippen LogP) is 3.90. The molecule has 90 valence electrons. The number of hydrogen-bond donors (Lipinski definition) is 1. The summed E-state index contributed by atoms with van der Waals surface area (Å²) in [5.74, 6) is 0. The van der Waals surface area contributed by atoms with Crippen LogP contribution in [0.3, 0.4) is 0 Å². The molecule has 0 aliphatic rings. The Labute approximate surface area is 103 Å². The minimum Gasteiger partial charge on any atom is -0.381 e. The summed E-state index contributed by atoms with van der Waals surface area (Å²) in [7, 11) is 0. The van der Waals surface area contributed by atoms with Crippen LogP contribution in [0.1, 0.15) is 46.0 Å². The number of unbranched alkanes of at least 4 members (excludes halogenated alkanes) is 1. The molecule has 0 aliphatic heterocycles. The summed E-state index contributed by atoms with van der Waals surface area (Å²) < 4.78 is 0. The molecule has 0 amide bonds. The van der Waals surface area contributed by atoms with Crippen LogP contribution in [0.4, 0.5) is 5.69 Å². The summed E-state index contributed by atoms with van der Waals surface area (Å²) >= 11 is 5.80. The smallest absolute Gasteiger partial charge is 0.153 e. The first kappa shape index (κ1) is 13.2. The first-order valence-corrected chi connectivity index (χ1v) is 6.38. The predicted molar refractivity (Wildman–Crippen MR) is 68.9 cm³/mol. The molecule has 0 bridgehead atoms. The third-order valence-corrected chi connectivity index (χ3v) is 2.72. The van der Waals surface area contributed by atoms with E-state index in [9.17, 15) is 0 Å². The number of nitrogens with zero attached hydrogens (tertiary/aromatic N) is 2. The van der Waals surface area contributed by atoms with Gasteiger partial charge in [-0.3, -0.25) is 0 Å². The SMILES string of the molecule is CCCCC(CCC)Nc1cnnc(Cl)c1. The van der Waals surface area contributed by atoms with E-state index < -0.39 is 0 Å². The van der Waals surface area contributed by atoms with Crippen molar-refractivity contribution in [1.82, 2.24) is 10.2 Å². The van der Waals surface area contributed by atoms with Crippen molar-refractivity contribution in [3.05, 3.63) is 17.4 Å². The molecule has 0 radical (unpaired) electrons. The first-order valence-electron chi connectivity index (χ1n) is 6.01. The molecular formula is C12H20ClN3. The Morgan fingerprint density at radius 1 is 1.31 bits per heavy atom. The largest absolute Gasteiger partial charge is 0.381 e. The van der Waals surface area contributed by atoms with Gasteiger partial charge in [0.05, 0.1) is 11.9 Å². The maximum absolute atomic E-state index is 5.80. The van der Waals surface area contributed by atoms with Crippen LogP contribution in [0, 0.1) is 0 Å². The first-order chi connectivity index (χ1) is 7.76. The molecule has 0 saturated heterocycles. The van der Waals surface area contributed by atoms with Crippen molar-refractivity contribution < 1.29 is 0 Å². The number of anilines is 1. The van der Waals surface area contributed by atoms with Gasteiger partial charge in [-0.15, -0.1) is 5.10 Å². The number of nitrogens with one attached hydrogen (secondary N) is 1. The van der Waals surface area contributed by atoms with Gasteiger partial charge in [-0.25, -0.2) is 0 Å². The molecule has 0 saturated carbocycles. The average molecular weight is 242 g/mol. The molecule has 0 fully saturated rings. The lowest BCUT2D eigenvalue weighted by atomic mass is 10.1. The van der Waals surface area contributed by atoms with E-state index in [2.05, 4.69) is 29.4 Å². The fourth-order valence-corrected chi connectivity index (χ4v) is 1.90. The molecule has 1 aromatic heterocycles. The van der Waals surface area contributed by atoms with E-state index in [0.717, 1.165) is 5.69 Å². The standard InChI is InChI=1S/C12H20ClN3/c1-3-5-7-10(6-4-2)15-11-8-12(13)16-14-9-11/h8-10H,3-7H2,1-2H3,(H,15,16). The van der Waals surface area contributed by atoms with Gasteiger partial charge in [-0.05, 0) is 12.8 Å². The van der Waals surface area contributed by atoms with Gasteiger partial charge in [0.15, 0.2) is 5.15 Å². The number of rotatable bonds is 7. The van der Waals surface area contributed by atoms with Crippen LogP contribution >= 0.6 is 11.6 Å². The molecule has 1 heterocycles. The maximum Gasteiger partial charge on any atom is 0.153 e. The van der Waals surface area contributed by atoms with Gasteiger partial charge in [0.1, 0.15) is 0 Å². The summed E-state index contributed by atoms with van der Waals surface area (Å²) in [6, 6.07) is 2.34. The van der Waals surface area contributed by atoms with Gasteiger partial charge >= 0.3 is 0 Å². The molecule has 1 aromatic rings. The fourth-order valence-electron chi connectivity index (χ4n) is 1.74. The Kier molecular flexibility index (Phi) is 6.16. The Bertz CT molecular complexity index is 304. The Balaban J connectivity index is 2.52. The van der Waals surface area contributed by atoms with Crippen LogP contribution in [0.5, 0.6) is 0 Å². The molecule has 3 nitrogen and oxygen atoms in total. The van der Waals surface area contributed by atoms with E-state index in [1.807, 2.05) is 6.07 Å². The zero-order valence-corrected chi connectivity index (χ0v) is 10.8. The zero-order valence-electron chi connectivity index (χ0n) is 10.0. The van der Waals surface area contributed by atoms with Crippen molar-refractivity contribution in [3.63, 3.8) is 0 Å². The highest BCUT2D eigenvalue weighted by Crippen LogP contribution is 2.16. The average Bonchev–Trinajstić information content (AvgIpc) is 2.26. The van der Waals surface area contributed by atoms with Crippen LogP contribution in [0.15, 0.2) is 12.3 Å². The minimum absolute atomic E-state index is 0.440. The van der Waals surface area contributed by atoms with Crippen molar-refractivity contribution in [1.29, 1.82) is 0 Å². The maximum atomic E-state index is 5.80. The monoisotopic (exact) mass is 241 g/mol. The van der Waals surface area contributed by atoms with Gasteiger partial charge in [0, 0.05) is 12.1 Å². The highest BCUT2D eigenvalue weighted by atomic mass is 35.5. The molecule has 0 aliphatic carbocycles. The lowest BCUT2D eigenvalue weighted by molar-refractivity contribution is 0.564. The molecule has 1 unspecified atom stereocenters. The topological polar surface area (TPSA) is 37.8 Å². The van der Waals surface area contributed by atoms with Crippen molar-refractivity contribution in [2.24, 2.45) is 0 Å². The summed E-state index contributed by atoms with van der Waals surface area (Å²) in [6.07, 6.45) is 7.78. The van der Waals surface area contributed by atoms with Crippen molar-refractivity contribution >= 4 is 17.3 Å². The van der Waals surface area contributed by atoms with Crippen molar-refractivity contribution in [3.8, 4) is 0 Å². The van der Waals surface area contributed by atoms with Gasteiger partial charge in [0.25, 0.3) is 0 Å².